The second-order valence-corrected chi connectivity index (χ2v) is 8.15. The summed E-state index contributed by atoms with van der Waals surface area (Å²) >= 11 is 8.80. The number of para-hydroxylation sites is 1. The molecule has 5 nitrogen and oxygen atoms in total. The number of anilines is 1. The van der Waals surface area contributed by atoms with Gasteiger partial charge in [0, 0.05) is 5.39 Å². The maximum Gasteiger partial charge on any atom is 0.258 e. The molecule has 1 amide bonds. The van der Waals surface area contributed by atoms with E-state index in [0.29, 0.717) is 20.7 Å². The third-order valence-corrected chi connectivity index (χ3v) is 5.54. The Bertz CT molecular complexity index is 1090. The van der Waals surface area contributed by atoms with Crippen LogP contribution in [-0.2, 0) is 0 Å². The quantitative estimate of drug-likeness (QED) is 0.536. The van der Waals surface area contributed by atoms with Gasteiger partial charge in [0.05, 0.1) is 26.0 Å². The van der Waals surface area contributed by atoms with Crippen molar-refractivity contribution >= 4 is 56.2 Å². The average molecular weight is 387 g/mol. The van der Waals surface area contributed by atoms with Crippen LogP contribution in [0, 0.1) is 6.92 Å². The van der Waals surface area contributed by atoms with E-state index in [1.54, 1.807) is 6.07 Å². The number of hydrogen-bond acceptors (Lipinski definition) is 6. The lowest BCUT2D eigenvalue weighted by molar-refractivity contribution is 0.102. The zero-order chi connectivity index (χ0) is 17.4. The Balaban J connectivity index is 1.82. The highest BCUT2D eigenvalue weighted by Gasteiger charge is 2.16. The molecule has 4 aromatic rings. The highest BCUT2D eigenvalue weighted by Crippen LogP contribution is 2.32. The van der Waals surface area contributed by atoms with E-state index in [0.717, 1.165) is 20.8 Å². The summed E-state index contributed by atoms with van der Waals surface area (Å²) in [6.45, 7) is 1.84. The molecule has 8 heteroatoms. The minimum Gasteiger partial charge on any atom is -0.296 e. The number of hydrogen-bond donors (Lipinski definition) is 1. The van der Waals surface area contributed by atoms with E-state index < -0.39 is 0 Å². The van der Waals surface area contributed by atoms with Crippen molar-refractivity contribution in [3.8, 4) is 10.6 Å². The third-order valence-electron chi connectivity index (χ3n) is 3.53. The van der Waals surface area contributed by atoms with E-state index in [2.05, 4.69) is 20.5 Å². The highest BCUT2D eigenvalue weighted by molar-refractivity contribution is 7.19. The van der Waals surface area contributed by atoms with Crippen molar-refractivity contribution in [3.63, 3.8) is 0 Å². The van der Waals surface area contributed by atoms with Gasteiger partial charge in [-0.25, -0.2) is 4.98 Å². The lowest BCUT2D eigenvalue weighted by atomic mass is 10.1. The Morgan fingerprint density at radius 3 is 2.68 bits per heavy atom. The normalized spacial score (nSPS) is 11.0. The Morgan fingerprint density at radius 1 is 1.12 bits per heavy atom. The number of nitrogens with zero attached hydrogens (tertiary/aromatic N) is 3. The predicted octanol–water partition coefficient (Wildman–Crippen LogP) is 5.03. The molecule has 0 saturated heterocycles. The van der Waals surface area contributed by atoms with Crippen LogP contribution in [0.25, 0.3) is 21.5 Å². The molecular formula is C17H11ClN4OS2. The van der Waals surface area contributed by atoms with Gasteiger partial charge in [-0.2, -0.15) is 0 Å². The lowest BCUT2D eigenvalue weighted by Crippen LogP contribution is -2.13. The largest absolute Gasteiger partial charge is 0.296 e. The molecule has 1 N–H and O–H groups in total. The van der Waals surface area contributed by atoms with Crippen molar-refractivity contribution in [2.45, 2.75) is 6.92 Å². The maximum absolute atomic E-state index is 12.8. The van der Waals surface area contributed by atoms with Crippen LogP contribution in [0.2, 0.25) is 4.34 Å². The number of benzene rings is 1. The van der Waals surface area contributed by atoms with E-state index in [9.17, 15) is 4.79 Å². The van der Waals surface area contributed by atoms with E-state index in [-0.39, 0.29) is 5.91 Å². The van der Waals surface area contributed by atoms with Gasteiger partial charge in [0.2, 0.25) is 5.13 Å². The number of nitrogens with one attached hydrogen (secondary N) is 1. The van der Waals surface area contributed by atoms with Crippen molar-refractivity contribution in [3.05, 3.63) is 57.4 Å². The van der Waals surface area contributed by atoms with Crippen LogP contribution in [0.15, 0.2) is 42.5 Å². The molecule has 0 unspecified atom stereocenters. The molecule has 0 aliphatic carbocycles. The molecule has 0 spiro atoms. The van der Waals surface area contributed by atoms with Crippen LogP contribution in [0.5, 0.6) is 0 Å². The summed E-state index contributed by atoms with van der Waals surface area (Å²) in [5.41, 5.74) is 2.01. The van der Waals surface area contributed by atoms with Crippen LogP contribution in [0.3, 0.4) is 0 Å². The topological polar surface area (TPSA) is 67.8 Å². The summed E-state index contributed by atoms with van der Waals surface area (Å²) in [6.07, 6.45) is 0. The molecule has 0 saturated carbocycles. The minimum atomic E-state index is -0.237. The second kappa shape index (κ2) is 6.51. The molecule has 3 aromatic heterocycles. The summed E-state index contributed by atoms with van der Waals surface area (Å²) in [7, 11) is 0. The zero-order valence-corrected chi connectivity index (χ0v) is 15.4. The molecule has 0 bridgehead atoms. The molecule has 0 aliphatic heterocycles. The molecule has 0 fully saturated rings. The molecule has 25 heavy (non-hydrogen) atoms. The van der Waals surface area contributed by atoms with Gasteiger partial charge in [0.1, 0.15) is 5.01 Å². The van der Waals surface area contributed by atoms with Crippen molar-refractivity contribution in [2.24, 2.45) is 0 Å². The summed E-state index contributed by atoms with van der Waals surface area (Å²) in [6, 6.07) is 13.1. The van der Waals surface area contributed by atoms with Crippen molar-refractivity contribution < 1.29 is 4.79 Å². The maximum atomic E-state index is 12.8. The van der Waals surface area contributed by atoms with E-state index >= 15 is 0 Å². The van der Waals surface area contributed by atoms with E-state index in [4.69, 9.17) is 11.6 Å². The van der Waals surface area contributed by atoms with E-state index in [1.165, 1.54) is 22.7 Å². The first-order valence-corrected chi connectivity index (χ1v) is 9.38. The van der Waals surface area contributed by atoms with Crippen LogP contribution in [0.1, 0.15) is 15.4 Å². The van der Waals surface area contributed by atoms with Crippen LogP contribution in [-0.4, -0.2) is 21.1 Å². The molecule has 3 heterocycles. The minimum absolute atomic E-state index is 0.237. The Morgan fingerprint density at radius 2 is 1.96 bits per heavy atom. The zero-order valence-electron chi connectivity index (χ0n) is 13.0. The highest BCUT2D eigenvalue weighted by atomic mass is 35.5. The molecule has 1 aromatic carbocycles. The number of carbonyl (C=O) groups excluding carboxylic acids is 1. The summed E-state index contributed by atoms with van der Waals surface area (Å²) in [5.74, 6) is -0.237. The van der Waals surface area contributed by atoms with Crippen molar-refractivity contribution in [2.75, 3.05) is 5.32 Å². The number of amides is 1. The first kappa shape index (κ1) is 16.1. The third kappa shape index (κ3) is 3.26. The Hall–Kier alpha value is -2.35. The first-order valence-electron chi connectivity index (χ1n) is 7.37. The summed E-state index contributed by atoms with van der Waals surface area (Å²) in [4.78, 5) is 18.4. The van der Waals surface area contributed by atoms with Crippen molar-refractivity contribution in [1.29, 1.82) is 0 Å². The fraction of sp³-hybridized carbons (Fsp3) is 0.0588. The number of fused-ring (bicyclic) bond motifs is 1. The van der Waals surface area contributed by atoms with E-state index in [1.807, 2.05) is 43.3 Å². The number of pyridine rings is 1. The van der Waals surface area contributed by atoms with Gasteiger partial charge in [-0.1, -0.05) is 41.1 Å². The fourth-order valence-electron chi connectivity index (χ4n) is 2.45. The molecule has 124 valence electrons. The fourth-order valence-corrected chi connectivity index (χ4v) is 4.04. The Labute approximate surface area is 156 Å². The molecular weight excluding hydrogens is 376 g/mol. The van der Waals surface area contributed by atoms with Gasteiger partial charge in [0.15, 0.2) is 0 Å². The number of rotatable bonds is 3. The van der Waals surface area contributed by atoms with Gasteiger partial charge < -0.3 is 0 Å². The average Bonchev–Trinajstić information content (AvgIpc) is 3.22. The molecule has 0 aliphatic rings. The van der Waals surface area contributed by atoms with Crippen LogP contribution in [0.4, 0.5) is 5.13 Å². The standard InChI is InChI=1S/C17H11ClN4OS2/c1-9-21-22-17(24-9)20-16(23)11-8-13(14-6-7-15(18)25-14)19-12-5-3-2-4-10(11)12/h2-8H,1H3,(H,20,22,23). The number of aryl methyl sites for hydroxylation is 1. The smallest absolute Gasteiger partial charge is 0.258 e. The first-order chi connectivity index (χ1) is 12.1. The molecule has 0 atom stereocenters. The monoisotopic (exact) mass is 386 g/mol. The van der Waals surface area contributed by atoms with Gasteiger partial charge in [-0.05, 0) is 31.2 Å². The lowest BCUT2D eigenvalue weighted by Gasteiger charge is -2.08. The number of halogens is 1. The SMILES string of the molecule is Cc1nnc(NC(=O)c2cc(-c3ccc(Cl)s3)nc3ccccc23)s1. The summed E-state index contributed by atoms with van der Waals surface area (Å²) in [5, 5.41) is 12.7. The number of carbonyl (C=O) groups is 1. The second-order valence-electron chi connectivity index (χ2n) is 5.26. The van der Waals surface area contributed by atoms with Gasteiger partial charge in [0.25, 0.3) is 5.91 Å². The van der Waals surface area contributed by atoms with Gasteiger partial charge in [-0.15, -0.1) is 21.5 Å². The number of aromatic nitrogens is 3. The predicted molar refractivity (Wildman–Crippen MR) is 103 cm³/mol. The van der Waals surface area contributed by atoms with Gasteiger partial charge in [-0.3, -0.25) is 10.1 Å². The van der Waals surface area contributed by atoms with Crippen molar-refractivity contribution in [1.82, 2.24) is 15.2 Å². The summed E-state index contributed by atoms with van der Waals surface area (Å²) < 4.78 is 0.681. The molecule has 4 rings (SSSR count). The number of thiophene rings is 1. The van der Waals surface area contributed by atoms with Gasteiger partial charge >= 0.3 is 0 Å². The Kier molecular flexibility index (Phi) is 4.20. The van der Waals surface area contributed by atoms with Crippen LogP contribution >= 0.6 is 34.3 Å². The van der Waals surface area contributed by atoms with Crippen LogP contribution < -0.4 is 5.32 Å². The molecule has 0 radical (unpaired) electrons.